The van der Waals surface area contributed by atoms with Crippen LogP contribution in [0.3, 0.4) is 0 Å². The van der Waals surface area contributed by atoms with Crippen LogP contribution in [0.5, 0.6) is 0 Å². The van der Waals surface area contributed by atoms with Crippen molar-refractivity contribution in [3.8, 4) is 0 Å². The molecule has 1 fully saturated rings. The molecule has 1 unspecified atom stereocenters. The summed E-state index contributed by atoms with van der Waals surface area (Å²) in [4.78, 5) is 21.2. The summed E-state index contributed by atoms with van der Waals surface area (Å²) in [5, 5.41) is 13.0. The van der Waals surface area contributed by atoms with Gasteiger partial charge in [-0.2, -0.15) is 4.98 Å². The summed E-state index contributed by atoms with van der Waals surface area (Å²) in [5.41, 5.74) is 2.14. The Hall–Kier alpha value is -3.23. The van der Waals surface area contributed by atoms with Gasteiger partial charge in [-0.25, -0.2) is 9.37 Å². The van der Waals surface area contributed by atoms with Gasteiger partial charge in [0.05, 0.1) is 6.20 Å². The Morgan fingerprint density at radius 3 is 2.84 bits per heavy atom. The SMILES string of the molecule is O=C(NC1CCCNC1)c1cccc(Nc2ncc(Cl)c(NCc3ccc(F)cc3)n2)c1. The molecule has 1 aliphatic rings. The van der Waals surface area contributed by atoms with E-state index in [9.17, 15) is 9.18 Å². The molecule has 0 aliphatic carbocycles. The number of aromatic nitrogens is 2. The van der Waals surface area contributed by atoms with E-state index in [1.54, 1.807) is 30.3 Å². The number of hydrogen-bond acceptors (Lipinski definition) is 6. The molecule has 4 N–H and O–H groups in total. The first kappa shape index (κ1) is 22.0. The largest absolute Gasteiger partial charge is 0.365 e. The van der Waals surface area contributed by atoms with Gasteiger partial charge in [-0.3, -0.25) is 4.79 Å². The number of carbonyl (C=O) groups excluding carboxylic acids is 1. The topological polar surface area (TPSA) is 91.0 Å². The van der Waals surface area contributed by atoms with Crippen LogP contribution in [0.2, 0.25) is 5.02 Å². The van der Waals surface area contributed by atoms with Crippen molar-refractivity contribution in [2.24, 2.45) is 0 Å². The van der Waals surface area contributed by atoms with Gasteiger partial charge in [0.25, 0.3) is 5.91 Å². The molecule has 1 atom stereocenters. The maximum absolute atomic E-state index is 13.1. The number of carbonyl (C=O) groups is 1. The van der Waals surface area contributed by atoms with Gasteiger partial charge < -0.3 is 21.3 Å². The second-order valence-electron chi connectivity index (χ2n) is 7.59. The highest BCUT2D eigenvalue weighted by molar-refractivity contribution is 6.32. The second-order valence-corrected chi connectivity index (χ2v) is 8.00. The van der Waals surface area contributed by atoms with E-state index in [4.69, 9.17) is 11.6 Å². The van der Waals surface area contributed by atoms with Gasteiger partial charge in [-0.15, -0.1) is 0 Å². The molecule has 2 aromatic carbocycles. The van der Waals surface area contributed by atoms with Crippen molar-refractivity contribution in [2.75, 3.05) is 23.7 Å². The second kappa shape index (κ2) is 10.4. The minimum Gasteiger partial charge on any atom is -0.365 e. The summed E-state index contributed by atoms with van der Waals surface area (Å²) in [6.07, 6.45) is 3.53. The molecule has 7 nitrogen and oxygen atoms in total. The van der Waals surface area contributed by atoms with E-state index in [1.165, 1.54) is 18.3 Å². The number of benzene rings is 2. The molecule has 0 saturated carbocycles. The fraction of sp³-hybridized carbons (Fsp3) is 0.261. The molecule has 1 amide bonds. The van der Waals surface area contributed by atoms with Crippen molar-refractivity contribution in [3.63, 3.8) is 0 Å². The molecule has 0 bridgehead atoms. The van der Waals surface area contributed by atoms with E-state index in [-0.39, 0.29) is 17.8 Å². The number of halogens is 2. The van der Waals surface area contributed by atoms with Crippen molar-refractivity contribution < 1.29 is 9.18 Å². The number of piperidine rings is 1. The summed E-state index contributed by atoms with van der Waals surface area (Å²) in [5.74, 6) is 0.393. The Balaban J connectivity index is 1.41. The van der Waals surface area contributed by atoms with Crippen LogP contribution >= 0.6 is 11.6 Å². The first-order chi connectivity index (χ1) is 15.6. The maximum atomic E-state index is 13.1. The first-order valence-electron chi connectivity index (χ1n) is 10.5. The summed E-state index contributed by atoms with van der Waals surface area (Å²) < 4.78 is 13.1. The zero-order chi connectivity index (χ0) is 22.3. The van der Waals surface area contributed by atoms with Gasteiger partial charge in [-0.1, -0.05) is 29.8 Å². The predicted octanol–water partition coefficient (Wildman–Crippen LogP) is 4.11. The van der Waals surface area contributed by atoms with Crippen molar-refractivity contribution in [2.45, 2.75) is 25.4 Å². The van der Waals surface area contributed by atoms with Gasteiger partial charge in [0.2, 0.25) is 5.95 Å². The Labute approximate surface area is 190 Å². The van der Waals surface area contributed by atoms with Crippen LogP contribution in [0.25, 0.3) is 0 Å². The molecular formula is C23H24ClFN6O. The van der Waals surface area contributed by atoms with Crippen LogP contribution in [0.1, 0.15) is 28.8 Å². The highest BCUT2D eigenvalue weighted by Crippen LogP contribution is 2.22. The van der Waals surface area contributed by atoms with Gasteiger partial charge in [0.15, 0.2) is 5.82 Å². The number of amides is 1. The molecule has 32 heavy (non-hydrogen) atoms. The third-order valence-electron chi connectivity index (χ3n) is 5.13. The predicted molar refractivity (Wildman–Crippen MR) is 124 cm³/mol. The fourth-order valence-corrected chi connectivity index (χ4v) is 3.61. The Kier molecular flexibility index (Phi) is 7.14. The molecule has 0 spiro atoms. The molecule has 4 rings (SSSR count). The monoisotopic (exact) mass is 454 g/mol. The zero-order valence-electron chi connectivity index (χ0n) is 17.4. The van der Waals surface area contributed by atoms with E-state index in [0.717, 1.165) is 31.5 Å². The fourth-order valence-electron chi connectivity index (χ4n) is 3.45. The lowest BCUT2D eigenvalue weighted by molar-refractivity contribution is 0.0930. The van der Waals surface area contributed by atoms with Crippen LogP contribution < -0.4 is 21.3 Å². The Bertz CT molecular complexity index is 1070. The van der Waals surface area contributed by atoms with Crippen molar-refractivity contribution in [3.05, 3.63) is 76.7 Å². The smallest absolute Gasteiger partial charge is 0.251 e. The molecular weight excluding hydrogens is 431 g/mol. The van der Waals surface area contributed by atoms with E-state index in [0.29, 0.717) is 34.6 Å². The lowest BCUT2D eigenvalue weighted by Gasteiger charge is -2.23. The molecule has 9 heteroatoms. The zero-order valence-corrected chi connectivity index (χ0v) is 18.1. The van der Waals surface area contributed by atoms with Gasteiger partial charge in [0, 0.05) is 30.4 Å². The maximum Gasteiger partial charge on any atom is 0.251 e. The molecule has 1 aliphatic heterocycles. The minimum atomic E-state index is -0.286. The highest BCUT2D eigenvalue weighted by atomic mass is 35.5. The van der Waals surface area contributed by atoms with Gasteiger partial charge >= 0.3 is 0 Å². The van der Waals surface area contributed by atoms with Crippen molar-refractivity contribution >= 4 is 35.0 Å². The standard InChI is InChI=1S/C23H24ClFN6O/c24-20-14-28-23(31-21(20)27-12-15-6-8-17(25)9-7-15)30-18-4-1-3-16(11-18)22(32)29-19-5-2-10-26-13-19/h1,3-4,6-9,11,14,19,26H,2,5,10,12-13H2,(H,29,32)(H2,27,28,30,31). The first-order valence-corrected chi connectivity index (χ1v) is 10.8. The van der Waals surface area contributed by atoms with E-state index < -0.39 is 0 Å². The van der Waals surface area contributed by atoms with Crippen LogP contribution in [-0.2, 0) is 6.54 Å². The quantitative estimate of drug-likeness (QED) is 0.429. The third kappa shape index (κ3) is 5.93. The molecule has 2 heterocycles. The van der Waals surface area contributed by atoms with Crippen molar-refractivity contribution in [1.29, 1.82) is 0 Å². The summed E-state index contributed by atoms with van der Waals surface area (Å²) in [6.45, 7) is 2.21. The van der Waals surface area contributed by atoms with Crippen LogP contribution in [0, 0.1) is 5.82 Å². The number of rotatable bonds is 7. The molecule has 1 aromatic heterocycles. The lowest BCUT2D eigenvalue weighted by Crippen LogP contribution is -2.45. The minimum absolute atomic E-state index is 0.110. The van der Waals surface area contributed by atoms with Crippen LogP contribution in [-0.4, -0.2) is 35.0 Å². The number of nitrogens with one attached hydrogen (secondary N) is 4. The van der Waals surface area contributed by atoms with E-state index in [1.807, 2.05) is 6.07 Å². The van der Waals surface area contributed by atoms with Crippen molar-refractivity contribution in [1.82, 2.24) is 20.6 Å². The van der Waals surface area contributed by atoms with E-state index >= 15 is 0 Å². The molecule has 0 radical (unpaired) electrons. The number of anilines is 3. The van der Waals surface area contributed by atoms with Crippen LogP contribution in [0.4, 0.5) is 21.8 Å². The van der Waals surface area contributed by atoms with Gasteiger partial charge in [0.1, 0.15) is 10.8 Å². The average Bonchev–Trinajstić information content (AvgIpc) is 2.81. The Morgan fingerprint density at radius 2 is 2.06 bits per heavy atom. The van der Waals surface area contributed by atoms with Crippen LogP contribution in [0.15, 0.2) is 54.7 Å². The third-order valence-corrected chi connectivity index (χ3v) is 5.41. The normalized spacial score (nSPS) is 15.8. The average molecular weight is 455 g/mol. The summed E-state index contributed by atoms with van der Waals surface area (Å²) in [7, 11) is 0. The molecule has 3 aromatic rings. The van der Waals surface area contributed by atoms with E-state index in [2.05, 4.69) is 31.2 Å². The lowest BCUT2D eigenvalue weighted by atomic mass is 10.1. The number of nitrogens with zero attached hydrogens (tertiary/aromatic N) is 2. The molecule has 166 valence electrons. The Morgan fingerprint density at radius 1 is 1.22 bits per heavy atom. The number of hydrogen-bond donors (Lipinski definition) is 4. The summed E-state index contributed by atoms with van der Waals surface area (Å²) in [6, 6.07) is 13.5. The molecule has 1 saturated heterocycles. The summed E-state index contributed by atoms with van der Waals surface area (Å²) >= 11 is 6.22. The van der Waals surface area contributed by atoms with Gasteiger partial charge in [-0.05, 0) is 55.3 Å². The highest BCUT2D eigenvalue weighted by Gasteiger charge is 2.16.